The molecule has 0 radical (unpaired) electrons. The molecule has 0 amide bonds. The minimum Gasteiger partial charge on any atom is -0.359 e. The molecule has 2 N–H and O–H groups in total. The summed E-state index contributed by atoms with van der Waals surface area (Å²) in [6.07, 6.45) is 5.10. The third kappa shape index (κ3) is 2.89. The van der Waals surface area contributed by atoms with Crippen molar-refractivity contribution in [2.24, 2.45) is 17.6 Å². The zero-order chi connectivity index (χ0) is 12.4. The Morgan fingerprint density at radius 2 is 1.94 bits per heavy atom. The minimum atomic E-state index is -0.0289. The lowest BCUT2D eigenvalue weighted by atomic mass is 9.81. The van der Waals surface area contributed by atoms with E-state index in [-0.39, 0.29) is 6.04 Å². The van der Waals surface area contributed by atoms with Crippen LogP contribution in [-0.2, 0) is 0 Å². The van der Waals surface area contributed by atoms with Gasteiger partial charge < -0.3 is 10.3 Å². The van der Waals surface area contributed by atoms with Crippen molar-refractivity contribution in [2.45, 2.75) is 58.4 Å². The molecule has 3 nitrogen and oxygen atoms in total. The number of hydrogen-bond acceptors (Lipinski definition) is 3. The molecule has 0 spiro atoms. The largest absolute Gasteiger partial charge is 0.359 e. The lowest BCUT2D eigenvalue weighted by Gasteiger charge is -2.24. The topological polar surface area (TPSA) is 52.0 Å². The van der Waals surface area contributed by atoms with Gasteiger partial charge in [0.1, 0.15) is 0 Å². The van der Waals surface area contributed by atoms with E-state index >= 15 is 0 Å². The Balaban J connectivity index is 2.03. The Labute approximate surface area is 104 Å². The van der Waals surface area contributed by atoms with Crippen LogP contribution in [0, 0.1) is 11.8 Å². The van der Waals surface area contributed by atoms with Crippen molar-refractivity contribution in [1.82, 2.24) is 5.16 Å². The highest BCUT2D eigenvalue weighted by Gasteiger charge is 2.24. The first-order valence-electron chi connectivity index (χ1n) is 6.80. The maximum absolute atomic E-state index is 6.07. The third-order valence-electron chi connectivity index (χ3n) is 4.03. The van der Waals surface area contributed by atoms with Gasteiger partial charge in [-0.15, -0.1) is 0 Å². The fourth-order valence-electron chi connectivity index (χ4n) is 2.54. The van der Waals surface area contributed by atoms with Gasteiger partial charge in [-0.25, -0.2) is 0 Å². The molecule has 1 unspecified atom stereocenters. The first-order valence-corrected chi connectivity index (χ1v) is 6.80. The molecule has 1 aliphatic carbocycles. The molecule has 0 bridgehead atoms. The van der Waals surface area contributed by atoms with Gasteiger partial charge in [0.25, 0.3) is 0 Å². The van der Waals surface area contributed by atoms with Gasteiger partial charge in [0.15, 0.2) is 5.76 Å². The Hall–Kier alpha value is -0.830. The molecule has 0 aliphatic heterocycles. The monoisotopic (exact) mass is 236 g/mol. The quantitative estimate of drug-likeness (QED) is 0.872. The van der Waals surface area contributed by atoms with Gasteiger partial charge in [-0.2, -0.15) is 0 Å². The molecular weight excluding hydrogens is 212 g/mol. The number of nitrogens with two attached hydrogens (primary N) is 1. The number of nitrogens with zero attached hydrogens (tertiary/aromatic N) is 1. The average Bonchev–Trinajstić information content (AvgIpc) is 2.78. The van der Waals surface area contributed by atoms with E-state index in [1.807, 2.05) is 0 Å². The Kier molecular flexibility index (Phi) is 3.87. The molecule has 17 heavy (non-hydrogen) atoms. The van der Waals surface area contributed by atoms with Crippen LogP contribution in [0.15, 0.2) is 10.6 Å². The van der Waals surface area contributed by atoms with Crippen LogP contribution in [0.2, 0.25) is 0 Å². The minimum absolute atomic E-state index is 0.0289. The van der Waals surface area contributed by atoms with E-state index in [9.17, 15) is 0 Å². The van der Waals surface area contributed by atoms with E-state index in [4.69, 9.17) is 10.3 Å². The molecule has 96 valence electrons. The van der Waals surface area contributed by atoms with Crippen molar-refractivity contribution in [1.29, 1.82) is 0 Å². The van der Waals surface area contributed by atoms with E-state index in [2.05, 4.69) is 32.0 Å². The highest BCUT2D eigenvalue weighted by atomic mass is 16.5. The summed E-state index contributed by atoms with van der Waals surface area (Å²) in [6.45, 7) is 6.55. The Morgan fingerprint density at radius 3 is 2.53 bits per heavy atom. The SMILES string of the molecule is CC1CCC(c2cc(C(N)C(C)C)on2)CC1. The van der Waals surface area contributed by atoms with Crippen LogP contribution in [0.4, 0.5) is 0 Å². The van der Waals surface area contributed by atoms with Gasteiger partial charge in [-0.1, -0.05) is 38.8 Å². The highest BCUT2D eigenvalue weighted by Crippen LogP contribution is 2.35. The van der Waals surface area contributed by atoms with Gasteiger partial charge in [0, 0.05) is 12.0 Å². The van der Waals surface area contributed by atoms with Crippen LogP contribution >= 0.6 is 0 Å². The summed E-state index contributed by atoms with van der Waals surface area (Å²) in [4.78, 5) is 0. The molecule has 1 aromatic rings. The lowest BCUT2D eigenvalue weighted by Crippen LogP contribution is -2.15. The summed E-state index contributed by atoms with van der Waals surface area (Å²) < 4.78 is 5.39. The van der Waals surface area contributed by atoms with Crippen LogP contribution in [0.3, 0.4) is 0 Å². The molecular formula is C14H24N2O. The van der Waals surface area contributed by atoms with Crippen molar-refractivity contribution < 1.29 is 4.52 Å². The predicted octanol–water partition coefficient (Wildman–Crippen LogP) is 3.62. The molecule has 1 heterocycles. The van der Waals surface area contributed by atoms with E-state index in [1.165, 1.54) is 25.7 Å². The molecule has 1 fully saturated rings. The van der Waals surface area contributed by atoms with Gasteiger partial charge in [0.2, 0.25) is 0 Å². The molecule has 0 aromatic carbocycles. The van der Waals surface area contributed by atoms with Crippen molar-refractivity contribution in [3.63, 3.8) is 0 Å². The van der Waals surface area contributed by atoms with Crippen molar-refractivity contribution in [3.05, 3.63) is 17.5 Å². The van der Waals surface area contributed by atoms with E-state index in [0.717, 1.165) is 17.4 Å². The summed E-state index contributed by atoms with van der Waals surface area (Å²) in [6, 6.07) is 2.05. The Bertz CT molecular complexity index is 351. The number of hydrogen-bond donors (Lipinski definition) is 1. The standard InChI is InChI=1S/C14H24N2O/c1-9(2)14(15)13-8-12(16-17-13)11-6-4-10(3)5-7-11/h8-11,14H,4-7,15H2,1-3H3. The maximum Gasteiger partial charge on any atom is 0.153 e. The fraction of sp³-hybridized carbons (Fsp3) is 0.786. The maximum atomic E-state index is 6.07. The lowest BCUT2D eigenvalue weighted by molar-refractivity contribution is 0.309. The van der Waals surface area contributed by atoms with Gasteiger partial charge in [-0.05, 0) is 24.7 Å². The normalized spacial score (nSPS) is 27.4. The number of aromatic nitrogens is 1. The fourth-order valence-corrected chi connectivity index (χ4v) is 2.54. The smallest absolute Gasteiger partial charge is 0.153 e. The first kappa shape index (κ1) is 12.6. The van der Waals surface area contributed by atoms with Crippen LogP contribution in [-0.4, -0.2) is 5.16 Å². The summed E-state index contributed by atoms with van der Waals surface area (Å²) in [7, 11) is 0. The van der Waals surface area contributed by atoms with Crippen molar-refractivity contribution >= 4 is 0 Å². The Morgan fingerprint density at radius 1 is 1.29 bits per heavy atom. The van der Waals surface area contributed by atoms with Gasteiger partial charge in [0.05, 0.1) is 11.7 Å². The molecule has 3 heteroatoms. The van der Waals surface area contributed by atoms with Gasteiger partial charge in [-0.3, -0.25) is 0 Å². The van der Waals surface area contributed by atoms with Crippen LogP contribution < -0.4 is 5.73 Å². The van der Waals surface area contributed by atoms with Gasteiger partial charge >= 0.3 is 0 Å². The second-order valence-electron chi connectivity index (χ2n) is 5.88. The van der Waals surface area contributed by atoms with Crippen molar-refractivity contribution in [2.75, 3.05) is 0 Å². The summed E-state index contributed by atoms with van der Waals surface area (Å²) >= 11 is 0. The molecule has 1 aromatic heterocycles. The second-order valence-corrected chi connectivity index (χ2v) is 5.88. The summed E-state index contributed by atoms with van der Waals surface area (Å²) in [5, 5.41) is 4.21. The van der Waals surface area contributed by atoms with Crippen LogP contribution in [0.5, 0.6) is 0 Å². The summed E-state index contributed by atoms with van der Waals surface area (Å²) in [5.74, 6) is 2.69. The molecule has 1 saturated carbocycles. The molecule has 0 saturated heterocycles. The highest BCUT2D eigenvalue weighted by molar-refractivity contribution is 5.14. The predicted molar refractivity (Wildman–Crippen MR) is 68.6 cm³/mol. The summed E-state index contributed by atoms with van der Waals surface area (Å²) in [5.41, 5.74) is 7.18. The molecule has 1 atom stereocenters. The van der Waals surface area contributed by atoms with E-state index < -0.39 is 0 Å². The second kappa shape index (κ2) is 5.21. The zero-order valence-corrected chi connectivity index (χ0v) is 11.1. The van der Waals surface area contributed by atoms with E-state index in [0.29, 0.717) is 11.8 Å². The zero-order valence-electron chi connectivity index (χ0n) is 11.1. The van der Waals surface area contributed by atoms with Crippen LogP contribution in [0.1, 0.15) is 69.9 Å². The molecule has 1 aliphatic rings. The van der Waals surface area contributed by atoms with Crippen molar-refractivity contribution in [3.8, 4) is 0 Å². The molecule has 2 rings (SSSR count). The first-order chi connectivity index (χ1) is 8.08. The average molecular weight is 236 g/mol. The number of rotatable bonds is 3. The van der Waals surface area contributed by atoms with E-state index in [1.54, 1.807) is 0 Å². The van der Waals surface area contributed by atoms with Crippen LogP contribution in [0.25, 0.3) is 0 Å². The third-order valence-corrected chi connectivity index (χ3v) is 4.03.